The highest BCUT2D eigenvalue weighted by atomic mass is 32.2. The van der Waals surface area contributed by atoms with Crippen molar-refractivity contribution in [3.8, 4) is 5.75 Å². The number of carbonyl (C=O) groups is 1. The van der Waals surface area contributed by atoms with E-state index in [-0.39, 0.29) is 23.6 Å². The molecule has 2 heterocycles. The minimum atomic E-state index is -0.381. The van der Waals surface area contributed by atoms with Crippen molar-refractivity contribution in [2.45, 2.75) is 36.8 Å². The van der Waals surface area contributed by atoms with Crippen LogP contribution in [0.15, 0.2) is 53.7 Å². The molecule has 1 atom stereocenters. The van der Waals surface area contributed by atoms with Crippen molar-refractivity contribution in [1.29, 1.82) is 0 Å². The number of nitrogens with two attached hydrogens (primary N) is 1. The lowest BCUT2D eigenvalue weighted by atomic mass is 10.0. The molecular weight excluding hydrogens is 405 g/mol. The fourth-order valence-electron chi connectivity index (χ4n) is 3.36. The number of aryl methyl sites for hydroxylation is 1. The van der Waals surface area contributed by atoms with Crippen molar-refractivity contribution in [1.82, 2.24) is 14.9 Å². The van der Waals surface area contributed by atoms with E-state index in [1.807, 2.05) is 30.0 Å². The van der Waals surface area contributed by atoms with Crippen LogP contribution >= 0.6 is 11.8 Å². The number of rotatable bonds is 6. The predicted octanol–water partition coefficient (Wildman–Crippen LogP) is 3.17. The highest BCUT2D eigenvalue weighted by molar-refractivity contribution is 8.00. The molecule has 0 radical (unpaired) electrons. The summed E-state index contributed by atoms with van der Waals surface area (Å²) in [7, 11) is 0. The molecule has 2 aromatic carbocycles. The number of ether oxygens (including phenoxy) is 1. The van der Waals surface area contributed by atoms with E-state index in [0.29, 0.717) is 23.3 Å². The van der Waals surface area contributed by atoms with Crippen LogP contribution in [0, 0.1) is 5.82 Å². The standard InChI is InChI=1S/C21H22FN5O2S/c1-14(20(28)26-12-4-6-15-5-2-3-7-18(15)26)30-21-25-24-19(27(21)23)13-29-17-10-8-16(22)9-11-17/h2-3,5,7-11,14H,4,6,12-13,23H2,1H3. The molecule has 1 aliphatic rings. The fraction of sp³-hybridized carbons (Fsp3) is 0.286. The highest BCUT2D eigenvalue weighted by Gasteiger charge is 2.28. The van der Waals surface area contributed by atoms with Gasteiger partial charge in [-0.2, -0.15) is 0 Å². The number of para-hydroxylation sites is 1. The molecule has 156 valence electrons. The monoisotopic (exact) mass is 427 g/mol. The van der Waals surface area contributed by atoms with Crippen LogP contribution in [0.3, 0.4) is 0 Å². The molecular formula is C21H22FN5O2S. The molecule has 3 aromatic rings. The Hall–Kier alpha value is -3.07. The zero-order chi connectivity index (χ0) is 21.1. The third kappa shape index (κ3) is 4.25. The first-order chi connectivity index (χ1) is 14.5. The molecule has 4 rings (SSSR count). The third-order valence-corrected chi connectivity index (χ3v) is 5.97. The van der Waals surface area contributed by atoms with E-state index in [0.717, 1.165) is 18.5 Å². The molecule has 1 aromatic heterocycles. The molecule has 1 unspecified atom stereocenters. The SMILES string of the molecule is CC(Sc1nnc(COc2ccc(F)cc2)n1N)C(=O)N1CCCc2ccccc21. The van der Waals surface area contributed by atoms with Gasteiger partial charge in [0.2, 0.25) is 11.1 Å². The normalized spacial score (nSPS) is 14.3. The molecule has 0 bridgehead atoms. The van der Waals surface area contributed by atoms with Crippen LogP contribution in [0.25, 0.3) is 0 Å². The number of anilines is 1. The molecule has 30 heavy (non-hydrogen) atoms. The molecule has 0 spiro atoms. The Morgan fingerprint density at radius 1 is 1.23 bits per heavy atom. The maximum absolute atomic E-state index is 13.1. The molecule has 0 saturated carbocycles. The Labute approximate surface area is 178 Å². The molecule has 1 amide bonds. The second-order valence-electron chi connectivity index (χ2n) is 6.99. The Morgan fingerprint density at radius 2 is 2.00 bits per heavy atom. The van der Waals surface area contributed by atoms with Gasteiger partial charge >= 0.3 is 0 Å². The fourth-order valence-corrected chi connectivity index (χ4v) is 4.21. The Morgan fingerprint density at radius 3 is 2.80 bits per heavy atom. The molecule has 2 N–H and O–H groups in total. The topological polar surface area (TPSA) is 86.3 Å². The average Bonchev–Trinajstić information content (AvgIpc) is 3.11. The number of hydrogen-bond donors (Lipinski definition) is 1. The first-order valence-corrected chi connectivity index (χ1v) is 10.5. The number of hydrogen-bond acceptors (Lipinski definition) is 6. The van der Waals surface area contributed by atoms with E-state index in [2.05, 4.69) is 16.3 Å². The van der Waals surface area contributed by atoms with Crippen LogP contribution in [0.2, 0.25) is 0 Å². The molecule has 0 aliphatic carbocycles. The number of halogens is 1. The van der Waals surface area contributed by atoms with Crippen molar-refractivity contribution in [2.24, 2.45) is 0 Å². The van der Waals surface area contributed by atoms with Crippen LogP contribution in [-0.2, 0) is 17.8 Å². The van der Waals surface area contributed by atoms with E-state index in [9.17, 15) is 9.18 Å². The summed E-state index contributed by atoms with van der Waals surface area (Å²) in [4.78, 5) is 14.9. The van der Waals surface area contributed by atoms with Gasteiger partial charge in [0.1, 0.15) is 18.2 Å². The maximum Gasteiger partial charge on any atom is 0.240 e. The van der Waals surface area contributed by atoms with Gasteiger partial charge in [0, 0.05) is 12.2 Å². The minimum Gasteiger partial charge on any atom is -0.486 e. The van der Waals surface area contributed by atoms with E-state index in [1.54, 1.807) is 0 Å². The van der Waals surface area contributed by atoms with Crippen LogP contribution < -0.4 is 15.5 Å². The summed E-state index contributed by atoms with van der Waals surface area (Å²) < 4.78 is 19.9. The lowest BCUT2D eigenvalue weighted by molar-refractivity contribution is -0.117. The third-order valence-electron chi connectivity index (χ3n) is 4.92. The number of carbonyl (C=O) groups excluding carboxylic acids is 1. The van der Waals surface area contributed by atoms with E-state index < -0.39 is 0 Å². The lowest BCUT2D eigenvalue weighted by Gasteiger charge is -2.31. The lowest BCUT2D eigenvalue weighted by Crippen LogP contribution is -2.40. The number of fused-ring (bicyclic) bond motifs is 1. The predicted molar refractivity (Wildman–Crippen MR) is 113 cm³/mol. The van der Waals surface area contributed by atoms with Crippen LogP contribution in [-0.4, -0.2) is 32.6 Å². The van der Waals surface area contributed by atoms with Crippen LogP contribution in [0.5, 0.6) is 5.75 Å². The molecule has 1 aliphatic heterocycles. The van der Waals surface area contributed by atoms with Crippen LogP contribution in [0.1, 0.15) is 24.7 Å². The van der Waals surface area contributed by atoms with Gasteiger partial charge in [0.05, 0.1) is 5.25 Å². The molecule has 7 nitrogen and oxygen atoms in total. The number of benzene rings is 2. The summed E-state index contributed by atoms with van der Waals surface area (Å²) in [5.41, 5.74) is 2.17. The Kier molecular flexibility index (Phi) is 5.89. The van der Waals surface area contributed by atoms with Crippen LogP contribution in [0.4, 0.5) is 10.1 Å². The number of thioether (sulfide) groups is 1. The van der Waals surface area contributed by atoms with Gasteiger partial charge in [-0.3, -0.25) is 4.79 Å². The van der Waals surface area contributed by atoms with Gasteiger partial charge in [-0.25, -0.2) is 9.07 Å². The number of nitrogens with zero attached hydrogens (tertiary/aromatic N) is 4. The number of aromatic nitrogens is 3. The van der Waals surface area contributed by atoms with Crippen molar-refractivity contribution < 1.29 is 13.9 Å². The van der Waals surface area contributed by atoms with Crippen molar-refractivity contribution in [2.75, 3.05) is 17.3 Å². The van der Waals surface area contributed by atoms with Gasteiger partial charge in [-0.05, 0) is 55.7 Å². The summed E-state index contributed by atoms with van der Waals surface area (Å²) >= 11 is 1.26. The summed E-state index contributed by atoms with van der Waals surface area (Å²) in [5.74, 6) is 6.69. The van der Waals surface area contributed by atoms with Crippen molar-refractivity contribution >= 4 is 23.4 Å². The second-order valence-corrected chi connectivity index (χ2v) is 8.30. The van der Waals surface area contributed by atoms with E-state index in [1.165, 1.54) is 46.3 Å². The number of amides is 1. The van der Waals surface area contributed by atoms with Crippen molar-refractivity contribution in [3.63, 3.8) is 0 Å². The largest absolute Gasteiger partial charge is 0.486 e. The highest BCUT2D eigenvalue weighted by Crippen LogP contribution is 2.30. The summed E-state index contributed by atoms with van der Waals surface area (Å²) in [6, 6.07) is 13.7. The van der Waals surface area contributed by atoms with Gasteiger partial charge in [-0.15, -0.1) is 10.2 Å². The quantitative estimate of drug-likeness (QED) is 0.480. The van der Waals surface area contributed by atoms with Gasteiger partial charge < -0.3 is 15.5 Å². The molecule has 0 fully saturated rings. The minimum absolute atomic E-state index is 0.0132. The summed E-state index contributed by atoms with van der Waals surface area (Å²) in [5, 5.41) is 8.19. The van der Waals surface area contributed by atoms with Crippen molar-refractivity contribution in [3.05, 3.63) is 65.7 Å². The zero-order valence-electron chi connectivity index (χ0n) is 16.5. The van der Waals surface area contributed by atoms with E-state index in [4.69, 9.17) is 10.6 Å². The van der Waals surface area contributed by atoms with Gasteiger partial charge in [0.15, 0.2) is 5.82 Å². The summed E-state index contributed by atoms with van der Waals surface area (Å²) in [6.07, 6.45) is 1.92. The zero-order valence-corrected chi connectivity index (χ0v) is 17.3. The maximum atomic E-state index is 13.1. The average molecular weight is 428 g/mol. The molecule has 9 heteroatoms. The first-order valence-electron chi connectivity index (χ1n) is 9.66. The number of nitrogen functional groups attached to an aromatic ring is 1. The Bertz CT molecular complexity index is 1040. The van der Waals surface area contributed by atoms with E-state index >= 15 is 0 Å². The summed E-state index contributed by atoms with van der Waals surface area (Å²) in [6.45, 7) is 2.62. The smallest absolute Gasteiger partial charge is 0.240 e. The second kappa shape index (κ2) is 8.74. The first kappa shape index (κ1) is 20.2. The van der Waals surface area contributed by atoms with Gasteiger partial charge in [0.25, 0.3) is 0 Å². The van der Waals surface area contributed by atoms with Gasteiger partial charge in [-0.1, -0.05) is 30.0 Å². The Balaban J connectivity index is 1.41. The molecule has 0 saturated heterocycles.